The van der Waals surface area contributed by atoms with Gasteiger partial charge in [-0.25, -0.2) is 0 Å². The largest absolute Gasteiger partial charge is 0.335 e. The predicted octanol–water partition coefficient (Wildman–Crippen LogP) is 3.99. The quantitative estimate of drug-likeness (QED) is 0.620. The van der Waals surface area contributed by atoms with Crippen LogP contribution >= 0.6 is 11.8 Å². The molecule has 2 rings (SSSR count). The van der Waals surface area contributed by atoms with Crippen LogP contribution in [0.1, 0.15) is 6.92 Å². The summed E-state index contributed by atoms with van der Waals surface area (Å²) in [5, 5.41) is 18.4. The zero-order chi connectivity index (χ0) is 14.4. The lowest BCUT2D eigenvalue weighted by atomic mass is 10.3. The van der Waals surface area contributed by atoms with Gasteiger partial charge in [-0.2, -0.15) is 10.5 Å². The van der Waals surface area contributed by atoms with Crippen molar-refractivity contribution in [3.05, 3.63) is 59.2 Å². The molecule has 1 aliphatic heterocycles. The molecule has 0 saturated carbocycles. The maximum Gasteiger partial charge on any atom is 0.129 e. The number of benzene rings is 1. The van der Waals surface area contributed by atoms with Crippen LogP contribution < -0.4 is 4.90 Å². The molecule has 0 unspecified atom stereocenters. The van der Waals surface area contributed by atoms with E-state index in [4.69, 9.17) is 10.5 Å². The van der Waals surface area contributed by atoms with E-state index in [-0.39, 0.29) is 5.57 Å². The van der Waals surface area contributed by atoms with Crippen molar-refractivity contribution in [2.45, 2.75) is 11.8 Å². The van der Waals surface area contributed by atoms with Crippen molar-refractivity contribution in [2.75, 3.05) is 11.4 Å². The van der Waals surface area contributed by atoms with Crippen LogP contribution in [0.2, 0.25) is 0 Å². The zero-order valence-electron chi connectivity index (χ0n) is 11.1. The van der Waals surface area contributed by atoms with Gasteiger partial charge in [0.2, 0.25) is 0 Å². The van der Waals surface area contributed by atoms with Crippen molar-refractivity contribution >= 4 is 17.4 Å². The van der Waals surface area contributed by atoms with Crippen LogP contribution in [0.15, 0.2) is 64.1 Å². The van der Waals surface area contributed by atoms with Crippen molar-refractivity contribution in [2.24, 2.45) is 0 Å². The Labute approximate surface area is 123 Å². The summed E-state index contributed by atoms with van der Waals surface area (Å²) in [6, 6.07) is 11.9. The molecular formula is C16H13N3S. The van der Waals surface area contributed by atoms with Gasteiger partial charge in [0.25, 0.3) is 0 Å². The number of fused-ring (bicyclic) bond motifs is 1. The Kier molecular flexibility index (Phi) is 4.65. The normalized spacial score (nSPS) is 14.9. The fourth-order valence-corrected chi connectivity index (χ4v) is 3.03. The molecule has 0 radical (unpaired) electrons. The number of para-hydroxylation sites is 1. The summed E-state index contributed by atoms with van der Waals surface area (Å²) in [6.07, 6.45) is 7.08. The van der Waals surface area contributed by atoms with E-state index in [1.54, 1.807) is 17.8 Å². The summed E-state index contributed by atoms with van der Waals surface area (Å²) < 4.78 is 0. The molecule has 0 N–H and O–H groups in total. The van der Waals surface area contributed by atoms with E-state index in [1.807, 2.05) is 36.4 Å². The highest BCUT2D eigenvalue weighted by Crippen LogP contribution is 2.45. The van der Waals surface area contributed by atoms with E-state index >= 15 is 0 Å². The van der Waals surface area contributed by atoms with Gasteiger partial charge in [-0.3, -0.25) is 0 Å². The predicted molar refractivity (Wildman–Crippen MR) is 81.9 cm³/mol. The molecule has 0 spiro atoms. The molecule has 1 heterocycles. The third-order valence-electron chi connectivity index (χ3n) is 2.81. The van der Waals surface area contributed by atoms with E-state index in [0.29, 0.717) is 0 Å². The Balaban J connectivity index is 2.18. The Bertz CT molecular complexity index is 656. The van der Waals surface area contributed by atoms with Gasteiger partial charge in [-0.15, -0.1) is 0 Å². The molecule has 0 aromatic heterocycles. The first-order chi connectivity index (χ1) is 9.80. The summed E-state index contributed by atoms with van der Waals surface area (Å²) in [4.78, 5) is 3.49. The van der Waals surface area contributed by atoms with Crippen molar-refractivity contribution in [1.82, 2.24) is 0 Å². The number of rotatable bonds is 3. The minimum atomic E-state index is 0.106. The van der Waals surface area contributed by atoms with Crippen LogP contribution in [0.5, 0.6) is 0 Å². The van der Waals surface area contributed by atoms with Crippen LogP contribution in [-0.4, -0.2) is 6.54 Å². The van der Waals surface area contributed by atoms with Crippen LogP contribution in [0, 0.1) is 22.7 Å². The summed E-state index contributed by atoms with van der Waals surface area (Å²) in [5.41, 5.74) is 1.33. The monoisotopic (exact) mass is 279 g/mol. The van der Waals surface area contributed by atoms with Gasteiger partial charge >= 0.3 is 0 Å². The number of hydrogen-bond donors (Lipinski definition) is 0. The first-order valence-corrected chi connectivity index (χ1v) is 7.05. The molecule has 1 aromatic carbocycles. The number of anilines is 1. The maximum absolute atomic E-state index is 8.63. The van der Waals surface area contributed by atoms with E-state index < -0.39 is 0 Å². The second kappa shape index (κ2) is 6.65. The highest BCUT2D eigenvalue weighted by atomic mass is 32.2. The molecule has 1 aliphatic rings. The second-order valence-electron chi connectivity index (χ2n) is 4.01. The lowest BCUT2D eigenvalue weighted by Crippen LogP contribution is -2.16. The second-order valence-corrected chi connectivity index (χ2v) is 5.07. The smallest absolute Gasteiger partial charge is 0.129 e. The Hall–Kier alpha value is -2.43. The topological polar surface area (TPSA) is 50.8 Å². The first kappa shape index (κ1) is 14.0. The van der Waals surface area contributed by atoms with Gasteiger partial charge in [0.15, 0.2) is 0 Å². The molecule has 0 bridgehead atoms. The molecule has 0 fully saturated rings. The standard InChI is InChI=1S/C16H13N3S/c1-2-19-14-8-4-5-9-15(14)20-16(19)10-6-3-7-13(11-17)12-18/h3-10H,2H2,1H3/b6-3-,16-10-. The summed E-state index contributed by atoms with van der Waals surface area (Å²) >= 11 is 1.72. The van der Waals surface area contributed by atoms with E-state index in [1.165, 1.54) is 16.7 Å². The number of nitrogens with zero attached hydrogens (tertiary/aromatic N) is 3. The molecule has 0 atom stereocenters. The lowest BCUT2D eigenvalue weighted by molar-refractivity contribution is 1.00. The van der Waals surface area contributed by atoms with E-state index in [0.717, 1.165) is 11.6 Å². The number of nitriles is 2. The fourth-order valence-electron chi connectivity index (χ4n) is 1.89. The van der Waals surface area contributed by atoms with Crippen molar-refractivity contribution < 1.29 is 0 Å². The Morgan fingerprint density at radius 2 is 2.00 bits per heavy atom. The molecular weight excluding hydrogens is 266 g/mol. The lowest BCUT2D eigenvalue weighted by Gasteiger charge is -2.17. The van der Waals surface area contributed by atoms with Gasteiger partial charge in [0.1, 0.15) is 17.7 Å². The molecule has 3 nitrogen and oxygen atoms in total. The molecule has 20 heavy (non-hydrogen) atoms. The molecule has 4 heteroatoms. The van der Waals surface area contributed by atoms with Crippen LogP contribution in [0.3, 0.4) is 0 Å². The number of allylic oxidation sites excluding steroid dienone is 5. The molecule has 98 valence electrons. The van der Waals surface area contributed by atoms with Crippen molar-refractivity contribution in [3.8, 4) is 12.1 Å². The molecule has 0 amide bonds. The molecule has 0 aliphatic carbocycles. The first-order valence-electron chi connectivity index (χ1n) is 6.23. The average molecular weight is 279 g/mol. The van der Waals surface area contributed by atoms with E-state index in [9.17, 15) is 0 Å². The van der Waals surface area contributed by atoms with Gasteiger partial charge < -0.3 is 4.90 Å². The minimum Gasteiger partial charge on any atom is -0.335 e. The maximum atomic E-state index is 8.63. The third-order valence-corrected chi connectivity index (χ3v) is 3.94. The SMILES string of the molecule is CCN1/C(=C/C=C\C=C(C#N)C#N)Sc2ccccc21. The van der Waals surface area contributed by atoms with Crippen molar-refractivity contribution in [1.29, 1.82) is 10.5 Å². The van der Waals surface area contributed by atoms with Gasteiger partial charge in [0.05, 0.1) is 10.7 Å². The van der Waals surface area contributed by atoms with Crippen LogP contribution in [0.4, 0.5) is 5.69 Å². The molecule has 1 aromatic rings. The Morgan fingerprint density at radius 3 is 2.70 bits per heavy atom. The fraction of sp³-hybridized carbons (Fsp3) is 0.125. The highest BCUT2D eigenvalue weighted by Gasteiger charge is 2.22. The number of hydrogen-bond acceptors (Lipinski definition) is 4. The summed E-state index contributed by atoms with van der Waals surface area (Å²) in [6.45, 7) is 3.02. The molecule has 0 saturated heterocycles. The van der Waals surface area contributed by atoms with E-state index in [2.05, 4.69) is 24.0 Å². The zero-order valence-corrected chi connectivity index (χ0v) is 11.9. The van der Waals surface area contributed by atoms with Crippen LogP contribution in [-0.2, 0) is 0 Å². The number of thioether (sulfide) groups is 1. The van der Waals surface area contributed by atoms with Gasteiger partial charge in [-0.1, -0.05) is 36.0 Å². The Morgan fingerprint density at radius 1 is 1.25 bits per heavy atom. The van der Waals surface area contributed by atoms with Gasteiger partial charge in [0, 0.05) is 11.4 Å². The van der Waals surface area contributed by atoms with Gasteiger partial charge in [-0.05, 0) is 31.2 Å². The highest BCUT2D eigenvalue weighted by molar-refractivity contribution is 8.03. The van der Waals surface area contributed by atoms with Crippen molar-refractivity contribution in [3.63, 3.8) is 0 Å². The summed E-state index contributed by atoms with van der Waals surface area (Å²) in [5.74, 6) is 0. The average Bonchev–Trinajstić information content (AvgIpc) is 2.84. The van der Waals surface area contributed by atoms with Crippen LogP contribution in [0.25, 0.3) is 0 Å². The third kappa shape index (κ3) is 2.93. The summed E-state index contributed by atoms with van der Waals surface area (Å²) in [7, 11) is 0. The minimum absolute atomic E-state index is 0.106.